The van der Waals surface area contributed by atoms with Crippen LogP contribution in [0.2, 0.25) is 5.02 Å². The normalized spacial score (nSPS) is 12.3. The van der Waals surface area contributed by atoms with Crippen LogP contribution in [0.1, 0.15) is 0 Å². The lowest BCUT2D eigenvalue weighted by Crippen LogP contribution is -1.98. The third-order valence-corrected chi connectivity index (χ3v) is 14.6. The molecule has 1 aliphatic carbocycles. The van der Waals surface area contributed by atoms with E-state index in [4.69, 9.17) is 11.6 Å². The van der Waals surface area contributed by atoms with E-state index in [1.165, 1.54) is 109 Å². The van der Waals surface area contributed by atoms with E-state index in [1.54, 1.807) is 0 Å². The molecule has 0 radical (unpaired) electrons. The van der Waals surface area contributed by atoms with Crippen LogP contribution in [0.15, 0.2) is 218 Å². The van der Waals surface area contributed by atoms with Crippen LogP contribution in [0.3, 0.4) is 0 Å². The van der Waals surface area contributed by atoms with Crippen molar-refractivity contribution in [1.82, 2.24) is 13.7 Å². The van der Waals surface area contributed by atoms with Crippen LogP contribution < -0.4 is 0 Å². The van der Waals surface area contributed by atoms with Gasteiger partial charge in [-0.05, 0) is 146 Å². The van der Waals surface area contributed by atoms with Crippen LogP contribution in [-0.2, 0) is 0 Å². The van der Waals surface area contributed by atoms with Gasteiger partial charge in [0, 0.05) is 54.4 Å². The molecule has 4 heteroatoms. The van der Waals surface area contributed by atoms with Gasteiger partial charge < -0.3 is 13.7 Å². The summed E-state index contributed by atoms with van der Waals surface area (Å²) in [6, 6.07) is 80.4. The summed E-state index contributed by atoms with van der Waals surface area (Å²) in [5.41, 5.74) is 18.0. The highest BCUT2D eigenvalue weighted by molar-refractivity contribution is 6.31. The fraction of sp³-hybridized carbons (Fsp3) is 0. The van der Waals surface area contributed by atoms with E-state index in [9.17, 15) is 0 Å². The van der Waals surface area contributed by atoms with Crippen LogP contribution in [0.25, 0.3) is 137 Å². The minimum absolute atomic E-state index is 0.726. The van der Waals surface area contributed by atoms with E-state index < -0.39 is 0 Å². The topological polar surface area (TPSA) is 14.8 Å². The molecule has 3 nitrogen and oxygen atoms in total. The van der Waals surface area contributed by atoms with Crippen LogP contribution in [0.4, 0.5) is 0 Å². The Labute approximate surface area is 384 Å². The lowest BCUT2D eigenvalue weighted by molar-refractivity contribution is 1.13. The predicted octanol–water partition coefficient (Wildman–Crippen LogP) is 17.3. The van der Waals surface area contributed by atoms with Gasteiger partial charge >= 0.3 is 0 Å². The monoisotopic (exact) mass is 857 g/mol. The van der Waals surface area contributed by atoms with E-state index in [0.717, 1.165) is 33.1 Å². The second-order valence-corrected chi connectivity index (χ2v) is 18.2. The van der Waals surface area contributed by atoms with Crippen molar-refractivity contribution >= 4 is 98.6 Å². The van der Waals surface area contributed by atoms with Crippen molar-refractivity contribution in [3.05, 3.63) is 223 Å². The second kappa shape index (κ2) is 13.3. The molecule has 66 heavy (non-hydrogen) atoms. The molecule has 3 heterocycles. The van der Waals surface area contributed by atoms with Crippen LogP contribution in [0.5, 0.6) is 0 Å². The maximum absolute atomic E-state index is 6.52. The first-order valence-electron chi connectivity index (χ1n) is 22.6. The lowest BCUT2D eigenvalue weighted by Gasteiger charge is -2.14. The molecule has 0 fully saturated rings. The molecule has 0 spiro atoms. The molecule has 0 unspecified atom stereocenters. The number of aromatic nitrogens is 3. The number of para-hydroxylation sites is 3. The van der Waals surface area contributed by atoms with Gasteiger partial charge in [-0.2, -0.15) is 0 Å². The van der Waals surface area contributed by atoms with Crippen LogP contribution in [0, 0.1) is 0 Å². The zero-order valence-corrected chi connectivity index (χ0v) is 36.3. The molecule has 0 bridgehead atoms. The van der Waals surface area contributed by atoms with Crippen molar-refractivity contribution < 1.29 is 0 Å². The largest absolute Gasteiger partial charge is 0.309 e. The Kier molecular flexibility index (Phi) is 7.28. The van der Waals surface area contributed by atoms with Crippen LogP contribution >= 0.6 is 11.6 Å². The Hall–Kier alpha value is -8.37. The van der Waals surface area contributed by atoms with Gasteiger partial charge in [-0.25, -0.2) is 0 Å². The second-order valence-electron chi connectivity index (χ2n) is 17.8. The molecule has 0 saturated heterocycles. The molecular formula is C62H36ClN3. The third kappa shape index (κ3) is 4.92. The van der Waals surface area contributed by atoms with Crippen molar-refractivity contribution in [2.45, 2.75) is 0 Å². The summed E-state index contributed by atoms with van der Waals surface area (Å²) in [5, 5.41) is 13.3. The number of nitrogens with zero attached hydrogens (tertiary/aromatic N) is 3. The van der Waals surface area contributed by atoms with Crippen molar-refractivity contribution in [3.63, 3.8) is 0 Å². The summed E-state index contributed by atoms with van der Waals surface area (Å²) in [5.74, 6) is 0. The van der Waals surface area contributed by atoms with Gasteiger partial charge in [-0.1, -0.05) is 139 Å². The fourth-order valence-electron chi connectivity index (χ4n) is 11.6. The van der Waals surface area contributed by atoms with Crippen LogP contribution in [-0.4, -0.2) is 13.7 Å². The Morgan fingerprint density at radius 1 is 0.258 bits per heavy atom. The number of halogens is 1. The number of fused-ring (bicyclic) bond motifs is 14. The number of hydrogen-bond acceptors (Lipinski definition) is 0. The summed E-state index contributed by atoms with van der Waals surface area (Å²) in [7, 11) is 0. The smallest absolute Gasteiger partial charge is 0.0553 e. The first-order valence-corrected chi connectivity index (χ1v) is 23.0. The Bertz CT molecular complexity index is 4370. The van der Waals surface area contributed by atoms with E-state index in [0.29, 0.717) is 0 Å². The van der Waals surface area contributed by atoms with Gasteiger partial charge in [0.1, 0.15) is 0 Å². The van der Waals surface area contributed by atoms with Crippen molar-refractivity contribution in [2.75, 3.05) is 0 Å². The highest BCUT2D eigenvalue weighted by Gasteiger charge is 2.27. The molecule has 11 aromatic carbocycles. The molecule has 15 rings (SSSR count). The average molecular weight is 858 g/mol. The summed E-state index contributed by atoms with van der Waals surface area (Å²) in [4.78, 5) is 0. The minimum atomic E-state index is 0.726. The number of rotatable bonds is 4. The molecule has 1 aliphatic rings. The molecule has 0 atom stereocenters. The van der Waals surface area contributed by atoms with Crippen molar-refractivity contribution in [2.24, 2.45) is 0 Å². The summed E-state index contributed by atoms with van der Waals surface area (Å²) in [6.45, 7) is 0. The van der Waals surface area contributed by atoms with E-state index >= 15 is 0 Å². The van der Waals surface area contributed by atoms with Crippen molar-refractivity contribution in [3.8, 4) is 50.4 Å². The zero-order chi connectivity index (χ0) is 43.2. The molecule has 0 saturated carbocycles. The van der Waals surface area contributed by atoms with E-state index in [1.807, 2.05) is 18.2 Å². The standard InChI is InChI=1S/C62H36ClN3/c63-41-14-9-15-42(34-41)64-57-25-8-5-20-48(57)52-31-40(27-29-58(52)64)39-26-28-45-51(30-39)49-21-11-22-50-61(49)53(45)36-60-62(50)54-32-37-12-1-2-13-38(37)33-59(54)66(60)44-17-10-16-43(35-44)65-55-23-6-3-18-46(55)47-19-4-7-24-56(47)65/h1-36H. The van der Waals surface area contributed by atoms with E-state index in [-0.39, 0.29) is 0 Å². The predicted molar refractivity (Wildman–Crippen MR) is 279 cm³/mol. The lowest BCUT2D eigenvalue weighted by atomic mass is 9.96. The van der Waals surface area contributed by atoms with Gasteiger partial charge in [0.05, 0.1) is 33.1 Å². The zero-order valence-electron chi connectivity index (χ0n) is 35.5. The quantitative estimate of drug-likeness (QED) is 0.167. The summed E-state index contributed by atoms with van der Waals surface area (Å²) in [6.07, 6.45) is 0. The first kappa shape index (κ1) is 36.0. The van der Waals surface area contributed by atoms with Gasteiger partial charge in [0.15, 0.2) is 0 Å². The molecule has 0 aliphatic heterocycles. The van der Waals surface area contributed by atoms with E-state index in [2.05, 4.69) is 214 Å². The Morgan fingerprint density at radius 2 is 0.803 bits per heavy atom. The molecular weight excluding hydrogens is 822 g/mol. The highest BCUT2D eigenvalue weighted by Crippen LogP contribution is 2.52. The third-order valence-electron chi connectivity index (χ3n) is 14.4. The van der Waals surface area contributed by atoms with Gasteiger partial charge in [-0.15, -0.1) is 0 Å². The van der Waals surface area contributed by atoms with Gasteiger partial charge in [0.25, 0.3) is 0 Å². The molecule has 0 N–H and O–H groups in total. The number of hydrogen-bond donors (Lipinski definition) is 0. The fourth-order valence-corrected chi connectivity index (χ4v) is 11.8. The number of benzene rings is 11. The summed E-state index contributed by atoms with van der Waals surface area (Å²) >= 11 is 6.52. The molecule has 0 amide bonds. The Balaban J connectivity index is 0.945. The van der Waals surface area contributed by atoms with Gasteiger partial charge in [0.2, 0.25) is 0 Å². The first-order chi connectivity index (χ1) is 32.6. The summed E-state index contributed by atoms with van der Waals surface area (Å²) < 4.78 is 7.25. The maximum Gasteiger partial charge on any atom is 0.0553 e. The highest BCUT2D eigenvalue weighted by atomic mass is 35.5. The molecule has 306 valence electrons. The van der Waals surface area contributed by atoms with Crippen molar-refractivity contribution in [1.29, 1.82) is 0 Å². The minimum Gasteiger partial charge on any atom is -0.309 e. The van der Waals surface area contributed by atoms with Gasteiger partial charge in [-0.3, -0.25) is 0 Å². The SMILES string of the molecule is Clc1cccc(-n2c3ccccc3c3cc(-c4ccc5c(c4)-c4cccc6c4c-5cc4c6c5cc6ccccc6cc5n4-c4cccc(-n5c6ccccc6c6ccccc65)c4)ccc32)c1. The maximum atomic E-state index is 6.52. The Morgan fingerprint density at radius 3 is 1.52 bits per heavy atom. The molecule has 3 aromatic heterocycles. The average Bonchev–Trinajstić information content (AvgIpc) is 4.08. The molecule has 14 aromatic rings.